The number of carbonyl (C=O) groups excluding carboxylic acids is 1. The molecule has 0 unspecified atom stereocenters. The predicted octanol–water partition coefficient (Wildman–Crippen LogP) is 3.17. The van der Waals surface area contributed by atoms with Crippen molar-refractivity contribution in [1.82, 2.24) is 9.73 Å². The first-order valence-electron chi connectivity index (χ1n) is 8.89. The zero-order chi connectivity index (χ0) is 22.6. The fraction of sp³-hybridized carbons (Fsp3) is 0.100. The van der Waals surface area contributed by atoms with Crippen LogP contribution in [0.4, 0.5) is 5.69 Å². The topological polar surface area (TPSA) is 122 Å². The number of halogens is 1. The third kappa shape index (κ3) is 5.23. The number of amides is 1. The molecule has 0 saturated carbocycles. The van der Waals surface area contributed by atoms with Crippen LogP contribution >= 0.6 is 11.6 Å². The van der Waals surface area contributed by atoms with Crippen LogP contribution in [-0.2, 0) is 14.8 Å². The van der Waals surface area contributed by atoms with Crippen LogP contribution in [0.1, 0.15) is 5.56 Å². The standard InChI is InChI=1S/C20H17ClN4O5S/c1-24(31(29,30)18-8-6-14-4-2-3-5-15(14)11-18)13-20(26)23-22-12-16-10-17(25(27)28)7-9-19(16)21/h2-12H,13H2,1H3,(H,23,26). The number of nitrogens with zero attached hydrogens (tertiary/aromatic N) is 3. The molecule has 0 aliphatic heterocycles. The number of nitro benzene ring substituents is 1. The highest BCUT2D eigenvalue weighted by atomic mass is 35.5. The van der Waals surface area contributed by atoms with E-state index in [0.29, 0.717) is 0 Å². The highest BCUT2D eigenvalue weighted by molar-refractivity contribution is 7.89. The van der Waals surface area contributed by atoms with E-state index in [1.54, 1.807) is 18.2 Å². The van der Waals surface area contributed by atoms with E-state index in [9.17, 15) is 23.3 Å². The van der Waals surface area contributed by atoms with E-state index in [2.05, 4.69) is 10.5 Å². The Morgan fingerprint density at radius 1 is 1.16 bits per heavy atom. The van der Waals surface area contributed by atoms with Crippen molar-refractivity contribution in [3.8, 4) is 0 Å². The molecule has 0 aliphatic carbocycles. The summed E-state index contributed by atoms with van der Waals surface area (Å²) in [5.74, 6) is -0.690. The Morgan fingerprint density at radius 3 is 2.58 bits per heavy atom. The number of rotatable bonds is 7. The molecule has 0 saturated heterocycles. The molecule has 0 aromatic heterocycles. The van der Waals surface area contributed by atoms with Gasteiger partial charge in [0.05, 0.1) is 22.6 Å². The number of fused-ring (bicyclic) bond motifs is 1. The summed E-state index contributed by atoms with van der Waals surface area (Å²) in [5, 5.41) is 16.4. The minimum Gasteiger partial charge on any atom is -0.272 e. The van der Waals surface area contributed by atoms with Gasteiger partial charge in [0.2, 0.25) is 10.0 Å². The number of non-ortho nitro benzene ring substituents is 1. The van der Waals surface area contributed by atoms with Gasteiger partial charge >= 0.3 is 0 Å². The van der Waals surface area contributed by atoms with E-state index in [0.717, 1.165) is 21.3 Å². The number of nitrogens with one attached hydrogen (secondary N) is 1. The van der Waals surface area contributed by atoms with Gasteiger partial charge in [0.25, 0.3) is 11.6 Å². The Bertz CT molecular complexity index is 1290. The monoisotopic (exact) mass is 460 g/mol. The molecule has 3 aromatic rings. The zero-order valence-corrected chi connectivity index (χ0v) is 17.8. The minimum atomic E-state index is -3.90. The molecule has 0 atom stereocenters. The molecule has 9 nitrogen and oxygen atoms in total. The number of benzene rings is 3. The maximum atomic E-state index is 12.8. The van der Waals surface area contributed by atoms with Crippen molar-refractivity contribution in [2.24, 2.45) is 5.10 Å². The van der Waals surface area contributed by atoms with Crippen molar-refractivity contribution in [1.29, 1.82) is 0 Å². The molecule has 0 radical (unpaired) electrons. The first-order chi connectivity index (χ1) is 14.7. The lowest BCUT2D eigenvalue weighted by Crippen LogP contribution is -2.36. The van der Waals surface area contributed by atoms with E-state index >= 15 is 0 Å². The normalized spacial score (nSPS) is 11.8. The quantitative estimate of drug-likeness (QED) is 0.329. The number of hydrogen-bond donors (Lipinski definition) is 1. The van der Waals surface area contributed by atoms with Gasteiger partial charge in [-0.1, -0.05) is 41.9 Å². The summed E-state index contributed by atoms with van der Waals surface area (Å²) in [6, 6.07) is 15.8. The lowest BCUT2D eigenvalue weighted by molar-refractivity contribution is -0.384. The molecule has 31 heavy (non-hydrogen) atoms. The molecule has 0 aliphatic rings. The molecule has 0 bridgehead atoms. The number of carbonyl (C=O) groups is 1. The Hall–Kier alpha value is -3.34. The number of hydrogen-bond acceptors (Lipinski definition) is 6. The number of nitro groups is 1. The summed E-state index contributed by atoms with van der Waals surface area (Å²) in [6.07, 6.45) is 1.14. The fourth-order valence-electron chi connectivity index (χ4n) is 2.75. The van der Waals surface area contributed by atoms with Crippen molar-refractivity contribution in [2.75, 3.05) is 13.6 Å². The zero-order valence-electron chi connectivity index (χ0n) is 16.2. The summed E-state index contributed by atoms with van der Waals surface area (Å²) in [7, 11) is -2.62. The van der Waals surface area contributed by atoms with Crippen LogP contribution in [-0.4, -0.2) is 43.4 Å². The molecule has 0 spiro atoms. The number of sulfonamides is 1. The van der Waals surface area contributed by atoms with Crippen LogP contribution in [0, 0.1) is 10.1 Å². The number of likely N-dealkylation sites (N-methyl/N-ethyl adjacent to an activating group) is 1. The molecule has 11 heteroatoms. The van der Waals surface area contributed by atoms with Gasteiger partial charge in [0.15, 0.2) is 0 Å². The van der Waals surface area contributed by atoms with Gasteiger partial charge in [-0.3, -0.25) is 14.9 Å². The summed E-state index contributed by atoms with van der Waals surface area (Å²) >= 11 is 5.96. The van der Waals surface area contributed by atoms with Crippen molar-refractivity contribution >= 4 is 50.2 Å². The van der Waals surface area contributed by atoms with Crippen molar-refractivity contribution < 1.29 is 18.1 Å². The Morgan fingerprint density at radius 2 is 1.87 bits per heavy atom. The average molecular weight is 461 g/mol. The first-order valence-corrected chi connectivity index (χ1v) is 10.7. The molecule has 1 amide bonds. The molecule has 1 N–H and O–H groups in total. The molecule has 0 heterocycles. The molecular formula is C20H17ClN4O5S. The fourth-order valence-corrected chi connectivity index (χ4v) is 4.08. The van der Waals surface area contributed by atoms with Gasteiger partial charge in [0, 0.05) is 29.8 Å². The van der Waals surface area contributed by atoms with Crippen molar-refractivity contribution in [3.63, 3.8) is 0 Å². The second kappa shape index (κ2) is 9.21. The highest BCUT2D eigenvalue weighted by Crippen LogP contribution is 2.22. The molecule has 3 aromatic carbocycles. The van der Waals surface area contributed by atoms with Crippen LogP contribution in [0.25, 0.3) is 10.8 Å². The third-order valence-electron chi connectivity index (χ3n) is 4.38. The van der Waals surface area contributed by atoms with Crippen LogP contribution in [0.5, 0.6) is 0 Å². The van der Waals surface area contributed by atoms with Gasteiger partial charge < -0.3 is 0 Å². The van der Waals surface area contributed by atoms with Gasteiger partial charge in [-0.05, 0) is 29.0 Å². The van der Waals surface area contributed by atoms with Crippen LogP contribution in [0.2, 0.25) is 5.02 Å². The summed E-state index contributed by atoms with van der Waals surface area (Å²) in [6.45, 7) is -0.477. The second-order valence-corrected chi connectivity index (χ2v) is 8.98. The largest absolute Gasteiger partial charge is 0.272 e. The van der Waals surface area contributed by atoms with E-state index < -0.39 is 27.4 Å². The van der Waals surface area contributed by atoms with Gasteiger partial charge in [-0.25, -0.2) is 13.8 Å². The lowest BCUT2D eigenvalue weighted by atomic mass is 10.1. The second-order valence-electron chi connectivity index (χ2n) is 6.53. The van der Waals surface area contributed by atoms with Gasteiger partial charge in [-0.15, -0.1) is 0 Å². The molecule has 160 valence electrons. The average Bonchev–Trinajstić information content (AvgIpc) is 2.74. The Labute approximate surface area is 183 Å². The molecule has 3 rings (SSSR count). The van der Waals surface area contributed by atoms with E-state index in [-0.39, 0.29) is 21.2 Å². The predicted molar refractivity (Wildman–Crippen MR) is 118 cm³/mol. The lowest BCUT2D eigenvalue weighted by Gasteiger charge is -2.16. The van der Waals surface area contributed by atoms with E-state index in [1.807, 2.05) is 18.2 Å². The van der Waals surface area contributed by atoms with Gasteiger partial charge in [0.1, 0.15) is 0 Å². The molecular weight excluding hydrogens is 444 g/mol. The van der Waals surface area contributed by atoms with Gasteiger partial charge in [-0.2, -0.15) is 9.41 Å². The maximum absolute atomic E-state index is 12.8. The van der Waals surface area contributed by atoms with Crippen LogP contribution in [0.3, 0.4) is 0 Å². The summed E-state index contributed by atoms with van der Waals surface area (Å²) in [4.78, 5) is 22.4. The smallest absolute Gasteiger partial charge is 0.270 e. The van der Waals surface area contributed by atoms with Crippen LogP contribution < -0.4 is 5.43 Å². The SMILES string of the molecule is CN(CC(=O)NN=Cc1cc([N+](=O)[O-])ccc1Cl)S(=O)(=O)c1ccc2ccccc2c1. The molecule has 0 fully saturated rings. The van der Waals surface area contributed by atoms with Crippen molar-refractivity contribution in [2.45, 2.75) is 4.90 Å². The minimum absolute atomic E-state index is 0.0633. The Kier molecular flexibility index (Phi) is 6.64. The van der Waals surface area contributed by atoms with E-state index in [1.165, 1.54) is 31.3 Å². The first kappa shape index (κ1) is 22.3. The highest BCUT2D eigenvalue weighted by Gasteiger charge is 2.23. The Balaban J connectivity index is 1.67. The third-order valence-corrected chi connectivity index (χ3v) is 6.52. The summed E-state index contributed by atoms with van der Waals surface area (Å²) in [5.41, 5.74) is 2.23. The maximum Gasteiger partial charge on any atom is 0.270 e. The summed E-state index contributed by atoms with van der Waals surface area (Å²) < 4.78 is 26.5. The number of hydrazone groups is 1. The van der Waals surface area contributed by atoms with Crippen LogP contribution in [0.15, 0.2) is 70.7 Å². The van der Waals surface area contributed by atoms with Crippen molar-refractivity contribution in [3.05, 3.63) is 81.4 Å². The van der Waals surface area contributed by atoms with E-state index in [4.69, 9.17) is 11.6 Å².